The van der Waals surface area contributed by atoms with E-state index in [-0.39, 0.29) is 11.8 Å². The van der Waals surface area contributed by atoms with Gasteiger partial charge in [-0.15, -0.1) is 0 Å². The molecular formula is C20H23N3O2. The topological polar surface area (TPSA) is 75.4 Å². The first-order valence-corrected chi connectivity index (χ1v) is 8.55. The Kier molecular flexibility index (Phi) is 5.14. The van der Waals surface area contributed by atoms with Crippen LogP contribution in [0.1, 0.15) is 30.0 Å². The van der Waals surface area contributed by atoms with Crippen LogP contribution in [0, 0.1) is 6.92 Å². The molecule has 0 radical (unpaired) electrons. The molecule has 2 unspecified atom stereocenters. The molecule has 3 rings (SSSR count). The van der Waals surface area contributed by atoms with Gasteiger partial charge in [-0.3, -0.25) is 9.59 Å². The number of nitrogens with zero attached hydrogens (tertiary/aromatic N) is 1. The van der Waals surface area contributed by atoms with Gasteiger partial charge in [0.15, 0.2) is 0 Å². The molecule has 1 saturated heterocycles. The van der Waals surface area contributed by atoms with E-state index < -0.39 is 12.1 Å². The summed E-state index contributed by atoms with van der Waals surface area (Å²) in [7, 11) is 0. The number of rotatable bonds is 4. The summed E-state index contributed by atoms with van der Waals surface area (Å²) in [6, 6.07) is 15.8. The van der Waals surface area contributed by atoms with Gasteiger partial charge in [-0.1, -0.05) is 48.0 Å². The fourth-order valence-electron chi connectivity index (χ4n) is 3.06. The third-order valence-corrected chi connectivity index (χ3v) is 4.54. The number of anilines is 1. The Hall–Kier alpha value is -2.66. The number of nitrogens with one attached hydrogen (secondary N) is 1. The quantitative estimate of drug-likeness (QED) is 0.899. The molecule has 1 aliphatic heterocycles. The number of carbonyl (C=O) groups excluding carboxylic acids is 2. The number of hydrogen-bond acceptors (Lipinski definition) is 3. The molecule has 3 N–H and O–H groups in total. The van der Waals surface area contributed by atoms with Gasteiger partial charge >= 0.3 is 0 Å². The van der Waals surface area contributed by atoms with E-state index in [1.165, 1.54) is 0 Å². The zero-order valence-corrected chi connectivity index (χ0v) is 14.3. The van der Waals surface area contributed by atoms with E-state index in [0.29, 0.717) is 13.0 Å². The van der Waals surface area contributed by atoms with E-state index in [1.54, 1.807) is 4.90 Å². The number of aryl methyl sites for hydroxylation is 1. The predicted molar refractivity (Wildman–Crippen MR) is 98.1 cm³/mol. The summed E-state index contributed by atoms with van der Waals surface area (Å²) in [5, 5.41) is 2.83. The summed E-state index contributed by atoms with van der Waals surface area (Å²) in [5.41, 5.74) is 8.77. The average molecular weight is 337 g/mol. The van der Waals surface area contributed by atoms with Crippen LogP contribution in [0.5, 0.6) is 0 Å². The van der Waals surface area contributed by atoms with Crippen molar-refractivity contribution in [3.63, 3.8) is 0 Å². The van der Waals surface area contributed by atoms with Crippen molar-refractivity contribution < 1.29 is 9.59 Å². The normalized spacial score (nSPS) is 18.7. The SMILES string of the molecule is Cc1ccc(C(N)C(=O)NC2CCCN(c3ccccc3)C2=O)cc1. The van der Waals surface area contributed by atoms with E-state index >= 15 is 0 Å². The van der Waals surface area contributed by atoms with Crippen LogP contribution in [-0.4, -0.2) is 24.4 Å². The zero-order chi connectivity index (χ0) is 17.8. The van der Waals surface area contributed by atoms with Gasteiger partial charge in [0.1, 0.15) is 12.1 Å². The fourth-order valence-corrected chi connectivity index (χ4v) is 3.06. The Bertz CT molecular complexity index is 743. The number of carbonyl (C=O) groups is 2. The molecule has 5 heteroatoms. The Morgan fingerprint density at radius 1 is 1.16 bits per heavy atom. The van der Waals surface area contributed by atoms with E-state index in [1.807, 2.05) is 61.5 Å². The molecule has 0 aromatic heterocycles. The number of amides is 2. The molecule has 2 aromatic carbocycles. The molecule has 2 aromatic rings. The van der Waals surface area contributed by atoms with E-state index in [0.717, 1.165) is 23.2 Å². The van der Waals surface area contributed by atoms with Crippen LogP contribution in [0.2, 0.25) is 0 Å². The van der Waals surface area contributed by atoms with Crippen molar-refractivity contribution in [1.29, 1.82) is 0 Å². The van der Waals surface area contributed by atoms with Crippen LogP contribution in [0.3, 0.4) is 0 Å². The van der Waals surface area contributed by atoms with Gasteiger partial charge in [-0.25, -0.2) is 0 Å². The molecule has 2 atom stereocenters. The number of nitrogens with two attached hydrogens (primary N) is 1. The molecule has 5 nitrogen and oxygen atoms in total. The monoisotopic (exact) mass is 337 g/mol. The first kappa shape index (κ1) is 17.2. The maximum Gasteiger partial charge on any atom is 0.249 e. The minimum absolute atomic E-state index is 0.0816. The lowest BCUT2D eigenvalue weighted by molar-refractivity contribution is -0.129. The first-order chi connectivity index (χ1) is 12.1. The Labute approximate surface area is 147 Å². The van der Waals surface area contributed by atoms with E-state index in [4.69, 9.17) is 5.73 Å². The van der Waals surface area contributed by atoms with Gasteiger partial charge in [0.25, 0.3) is 0 Å². The molecule has 1 heterocycles. The number of hydrogen-bond donors (Lipinski definition) is 2. The molecule has 0 spiro atoms. The van der Waals surface area contributed by atoms with Crippen LogP contribution >= 0.6 is 0 Å². The number of piperidine rings is 1. The van der Waals surface area contributed by atoms with Crippen molar-refractivity contribution in [3.8, 4) is 0 Å². The van der Waals surface area contributed by atoms with Crippen LogP contribution in [0.4, 0.5) is 5.69 Å². The summed E-state index contributed by atoms with van der Waals surface area (Å²) in [5.74, 6) is -0.404. The van der Waals surface area contributed by atoms with Crippen molar-refractivity contribution in [2.24, 2.45) is 5.73 Å². The molecule has 2 amide bonds. The van der Waals surface area contributed by atoms with Crippen LogP contribution in [0.15, 0.2) is 54.6 Å². The predicted octanol–water partition coefficient (Wildman–Crippen LogP) is 2.31. The fraction of sp³-hybridized carbons (Fsp3) is 0.300. The third-order valence-electron chi connectivity index (χ3n) is 4.54. The first-order valence-electron chi connectivity index (χ1n) is 8.55. The summed E-state index contributed by atoms with van der Waals surface area (Å²) in [4.78, 5) is 26.9. The van der Waals surface area contributed by atoms with Crippen molar-refractivity contribution in [2.45, 2.75) is 31.8 Å². The second kappa shape index (κ2) is 7.49. The van der Waals surface area contributed by atoms with Crippen molar-refractivity contribution in [2.75, 3.05) is 11.4 Å². The zero-order valence-electron chi connectivity index (χ0n) is 14.3. The molecule has 1 aliphatic rings. The highest BCUT2D eigenvalue weighted by atomic mass is 16.2. The lowest BCUT2D eigenvalue weighted by atomic mass is 10.0. The highest BCUT2D eigenvalue weighted by Gasteiger charge is 2.32. The molecule has 1 fully saturated rings. The van der Waals surface area contributed by atoms with Crippen LogP contribution in [0.25, 0.3) is 0 Å². The Balaban J connectivity index is 1.68. The van der Waals surface area contributed by atoms with Gasteiger partial charge < -0.3 is 16.0 Å². The highest BCUT2D eigenvalue weighted by molar-refractivity contribution is 6.00. The molecule has 25 heavy (non-hydrogen) atoms. The standard InChI is InChI=1S/C20H23N3O2/c1-14-9-11-15(12-10-14)18(21)19(24)22-17-8-5-13-23(20(17)25)16-6-3-2-4-7-16/h2-4,6-7,9-12,17-18H,5,8,13,21H2,1H3,(H,22,24). The summed E-state index contributed by atoms with van der Waals surface area (Å²) in [6.07, 6.45) is 1.47. The molecule has 0 saturated carbocycles. The van der Waals surface area contributed by atoms with Gasteiger partial charge in [0, 0.05) is 12.2 Å². The second-order valence-electron chi connectivity index (χ2n) is 6.42. The Morgan fingerprint density at radius 2 is 1.84 bits per heavy atom. The van der Waals surface area contributed by atoms with Gasteiger partial charge in [-0.2, -0.15) is 0 Å². The summed E-state index contributed by atoms with van der Waals surface area (Å²) in [6.45, 7) is 2.65. The van der Waals surface area contributed by atoms with Gasteiger partial charge in [0.05, 0.1) is 0 Å². The molecule has 0 aliphatic carbocycles. The summed E-state index contributed by atoms with van der Waals surface area (Å²) < 4.78 is 0. The maximum absolute atomic E-state index is 12.7. The van der Waals surface area contributed by atoms with Crippen molar-refractivity contribution in [1.82, 2.24) is 5.32 Å². The maximum atomic E-state index is 12.7. The smallest absolute Gasteiger partial charge is 0.249 e. The van der Waals surface area contributed by atoms with Gasteiger partial charge in [-0.05, 0) is 37.5 Å². The largest absolute Gasteiger partial charge is 0.343 e. The third kappa shape index (κ3) is 3.88. The van der Waals surface area contributed by atoms with E-state index in [2.05, 4.69) is 5.32 Å². The lowest BCUT2D eigenvalue weighted by Crippen LogP contribution is -2.54. The summed E-state index contributed by atoms with van der Waals surface area (Å²) >= 11 is 0. The average Bonchev–Trinajstić information content (AvgIpc) is 2.64. The Morgan fingerprint density at radius 3 is 2.52 bits per heavy atom. The number of benzene rings is 2. The van der Waals surface area contributed by atoms with Crippen molar-refractivity contribution in [3.05, 3.63) is 65.7 Å². The molecule has 130 valence electrons. The van der Waals surface area contributed by atoms with Crippen LogP contribution < -0.4 is 16.0 Å². The highest BCUT2D eigenvalue weighted by Crippen LogP contribution is 2.21. The molecular weight excluding hydrogens is 314 g/mol. The molecule has 0 bridgehead atoms. The van der Waals surface area contributed by atoms with E-state index in [9.17, 15) is 9.59 Å². The van der Waals surface area contributed by atoms with Gasteiger partial charge in [0.2, 0.25) is 11.8 Å². The van der Waals surface area contributed by atoms with Crippen molar-refractivity contribution >= 4 is 17.5 Å². The minimum atomic E-state index is -0.777. The van der Waals surface area contributed by atoms with Crippen LogP contribution in [-0.2, 0) is 9.59 Å². The lowest BCUT2D eigenvalue weighted by Gasteiger charge is -2.33. The minimum Gasteiger partial charge on any atom is -0.343 e. The second-order valence-corrected chi connectivity index (χ2v) is 6.42. The number of para-hydroxylation sites is 1.